The first-order valence-electron chi connectivity index (χ1n) is 5.92. The molecule has 1 aliphatic heterocycles. The molecule has 1 N–H and O–H groups in total. The highest BCUT2D eigenvalue weighted by Crippen LogP contribution is 2.26. The Kier molecular flexibility index (Phi) is 3.69. The molecule has 0 aliphatic carbocycles. The van der Waals surface area contributed by atoms with Crippen molar-refractivity contribution in [2.75, 3.05) is 13.1 Å². The summed E-state index contributed by atoms with van der Waals surface area (Å²) in [6.45, 7) is -0.0451. The second-order valence-corrected chi connectivity index (χ2v) is 4.54. The summed E-state index contributed by atoms with van der Waals surface area (Å²) in [5, 5.41) is 12.7. The molecule has 2 heterocycles. The number of carbonyl (C=O) groups excluding carboxylic acids is 1. The standard InChI is InChI=1S/C11H12F3N3O3/c12-11(13,14)10(20)16-3-1-8(2-4-16)17-6-7(5-15-17)9(18)19/h5-6,8H,1-4H2,(H,18,19). The predicted octanol–water partition coefficient (Wildman–Crippen LogP) is 1.31. The number of halogens is 3. The fourth-order valence-corrected chi connectivity index (χ4v) is 2.16. The molecule has 1 amide bonds. The Balaban J connectivity index is 1.97. The second-order valence-electron chi connectivity index (χ2n) is 4.54. The maximum absolute atomic E-state index is 12.3. The van der Waals surface area contributed by atoms with Gasteiger partial charge in [0.05, 0.1) is 17.8 Å². The highest BCUT2D eigenvalue weighted by Gasteiger charge is 2.43. The van der Waals surface area contributed by atoms with Gasteiger partial charge in [-0.1, -0.05) is 0 Å². The first-order valence-corrected chi connectivity index (χ1v) is 5.92. The molecule has 1 saturated heterocycles. The largest absolute Gasteiger partial charge is 0.478 e. The Morgan fingerprint density at radius 3 is 2.35 bits per heavy atom. The number of aromatic nitrogens is 2. The van der Waals surface area contributed by atoms with Crippen LogP contribution >= 0.6 is 0 Å². The minimum atomic E-state index is -4.85. The molecule has 1 aliphatic rings. The molecule has 110 valence electrons. The lowest BCUT2D eigenvalue weighted by molar-refractivity contribution is -0.186. The molecule has 0 radical (unpaired) electrons. The molecule has 0 unspecified atom stereocenters. The Bertz CT molecular complexity index is 518. The maximum atomic E-state index is 12.3. The molecule has 0 aromatic carbocycles. The lowest BCUT2D eigenvalue weighted by Crippen LogP contribution is -2.45. The van der Waals surface area contributed by atoms with Crippen LogP contribution < -0.4 is 0 Å². The van der Waals surface area contributed by atoms with Crippen LogP contribution in [-0.4, -0.2) is 50.9 Å². The lowest BCUT2D eigenvalue weighted by atomic mass is 10.1. The van der Waals surface area contributed by atoms with Gasteiger partial charge in [-0.2, -0.15) is 18.3 Å². The lowest BCUT2D eigenvalue weighted by Gasteiger charge is -2.32. The van der Waals surface area contributed by atoms with Crippen molar-refractivity contribution in [3.8, 4) is 0 Å². The number of hydrogen-bond donors (Lipinski definition) is 1. The average Bonchev–Trinajstić information content (AvgIpc) is 2.86. The molecule has 1 aromatic rings. The summed E-state index contributed by atoms with van der Waals surface area (Å²) < 4.78 is 38.2. The van der Waals surface area contributed by atoms with Gasteiger partial charge in [0.15, 0.2) is 0 Å². The zero-order chi connectivity index (χ0) is 14.9. The summed E-state index contributed by atoms with van der Waals surface area (Å²) in [6, 6.07) is -0.194. The van der Waals surface area contributed by atoms with Gasteiger partial charge in [0.25, 0.3) is 0 Å². The summed E-state index contributed by atoms with van der Waals surface area (Å²) in [5.74, 6) is -2.94. The molecule has 0 bridgehead atoms. The average molecular weight is 291 g/mol. The first-order chi connectivity index (χ1) is 9.29. The van der Waals surface area contributed by atoms with Gasteiger partial charge in [0.2, 0.25) is 0 Å². The summed E-state index contributed by atoms with van der Waals surface area (Å²) in [7, 11) is 0. The van der Waals surface area contributed by atoms with Crippen molar-refractivity contribution in [2.45, 2.75) is 25.1 Å². The van der Waals surface area contributed by atoms with Gasteiger partial charge in [0.1, 0.15) is 0 Å². The number of carboxylic acids is 1. The van der Waals surface area contributed by atoms with Crippen LogP contribution in [0.1, 0.15) is 29.2 Å². The number of carbonyl (C=O) groups is 2. The van der Waals surface area contributed by atoms with Crippen molar-refractivity contribution in [2.24, 2.45) is 0 Å². The fourth-order valence-electron chi connectivity index (χ4n) is 2.16. The molecule has 2 rings (SSSR count). The van der Waals surface area contributed by atoms with Crippen LogP contribution in [0, 0.1) is 0 Å². The van der Waals surface area contributed by atoms with Gasteiger partial charge < -0.3 is 10.0 Å². The third-order valence-electron chi connectivity index (χ3n) is 3.22. The minimum absolute atomic E-state index is 0.0225. The molecular weight excluding hydrogens is 279 g/mol. The van der Waals surface area contributed by atoms with E-state index in [1.165, 1.54) is 17.1 Å². The molecule has 9 heteroatoms. The van der Waals surface area contributed by atoms with Gasteiger partial charge >= 0.3 is 18.1 Å². The number of piperidine rings is 1. The van der Waals surface area contributed by atoms with Gasteiger partial charge in [-0.25, -0.2) is 4.79 Å². The van der Waals surface area contributed by atoms with Crippen molar-refractivity contribution in [3.05, 3.63) is 18.0 Å². The zero-order valence-corrected chi connectivity index (χ0v) is 10.3. The third kappa shape index (κ3) is 2.91. The third-order valence-corrected chi connectivity index (χ3v) is 3.22. The van der Waals surface area contributed by atoms with Crippen molar-refractivity contribution in [1.82, 2.24) is 14.7 Å². The Hall–Kier alpha value is -2.06. The van der Waals surface area contributed by atoms with Gasteiger partial charge in [-0.3, -0.25) is 9.48 Å². The van der Waals surface area contributed by atoms with Crippen molar-refractivity contribution < 1.29 is 27.9 Å². The topological polar surface area (TPSA) is 75.4 Å². The number of aromatic carboxylic acids is 1. The second kappa shape index (κ2) is 5.14. The molecule has 0 atom stereocenters. The molecule has 0 spiro atoms. The van der Waals surface area contributed by atoms with E-state index in [-0.39, 0.29) is 24.7 Å². The van der Waals surface area contributed by atoms with Crippen LogP contribution in [-0.2, 0) is 4.79 Å². The monoisotopic (exact) mass is 291 g/mol. The van der Waals surface area contributed by atoms with E-state index >= 15 is 0 Å². The van der Waals surface area contributed by atoms with E-state index in [9.17, 15) is 22.8 Å². The summed E-state index contributed by atoms with van der Waals surface area (Å²) in [4.78, 5) is 22.5. The van der Waals surface area contributed by atoms with Crippen LogP contribution in [0.15, 0.2) is 12.4 Å². The van der Waals surface area contributed by atoms with E-state index in [2.05, 4.69) is 5.10 Å². The van der Waals surface area contributed by atoms with E-state index in [0.717, 1.165) is 4.90 Å². The van der Waals surface area contributed by atoms with E-state index < -0.39 is 18.1 Å². The van der Waals surface area contributed by atoms with Crippen molar-refractivity contribution in [1.29, 1.82) is 0 Å². The Morgan fingerprint density at radius 1 is 1.30 bits per heavy atom. The number of nitrogens with zero attached hydrogens (tertiary/aromatic N) is 3. The molecule has 20 heavy (non-hydrogen) atoms. The SMILES string of the molecule is O=C(O)c1cnn(C2CCN(C(=O)C(F)(F)F)CC2)c1. The Labute approximate surface area is 111 Å². The zero-order valence-electron chi connectivity index (χ0n) is 10.3. The highest BCUT2D eigenvalue weighted by molar-refractivity contribution is 5.86. The molecule has 6 nitrogen and oxygen atoms in total. The number of likely N-dealkylation sites (tertiary alicyclic amines) is 1. The van der Waals surface area contributed by atoms with Crippen LogP contribution in [0.5, 0.6) is 0 Å². The first kappa shape index (κ1) is 14.4. The summed E-state index contributed by atoms with van der Waals surface area (Å²) in [5.41, 5.74) is 0.0267. The molecule has 1 fully saturated rings. The number of amides is 1. The van der Waals surface area contributed by atoms with E-state index in [4.69, 9.17) is 5.11 Å². The van der Waals surface area contributed by atoms with Gasteiger partial charge in [-0.15, -0.1) is 0 Å². The summed E-state index contributed by atoms with van der Waals surface area (Å²) in [6.07, 6.45) is -1.70. The van der Waals surface area contributed by atoms with Gasteiger partial charge in [-0.05, 0) is 12.8 Å². The van der Waals surface area contributed by atoms with Crippen LogP contribution in [0.2, 0.25) is 0 Å². The van der Waals surface area contributed by atoms with Crippen LogP contribution in [0.3, 0.4) is 0 Å². The smallest absolute Gasteiger partial charge is 0.471 e. The fraction of sp³-hybridized carbons (Fsp3) is 0.545. The normalized spacial score (nSPS) is 17.2. The highest BCUT2D eigenvalue weighted by atomic mass is 19.4. The number of alkyl halides is 3. The molecule has 1 aromatic heterocycles. The van der Waals surface area contributed by atoms with Crippen molar-refractivity contribution in [3.63, 3.8) is 0 Å². The Morgan fingerprint density at radius 2 is 1.90 bits per heavy atom. The quantitative estimate of drug-likeness (QED) is 0.891. The van der Waals surface area contributed by atoms with Crippen LogP contribution in [0.25, 0.3) is 0 Å². The number of rotatable bonds is 2. The minimum Gasteiger partial charge on any atom is -0.478 e. The van der Waals surface area contributed by atoms with E-state index in [1.54, 1.807) is 0 Å². The molecule has 0 saturated carbocycles. The summed E-state index contributed by atoms with van der Waals surface area (Å²) >= 11 is 0. The van der Waals surface area contributed by atoms with Crippen molar-refractivity contribution >= 4 is 11.9 Å². The van der Waals surface area contributed by atoms with Gasteiger partial charge in [0, 0.05) is 19.3 Å². The number of hydrogen-bond acceptors (Lipinski definition) is 3. The van der Waals surface area contributed by atoms with E-state index in [1.807, 2.05) is 0 Å². The predicted molar refractivity (Wildman–Crippen MR) is 60.1 cm³/mol. The maximum Gasteiger partial charge on any atom is 0.471 e. The van der Waals surface area contributed by atoms with Crippen LogP contribution in [0.4, 0.5) is 13.2 Å². The van der Waals surface area contributed by atoms with E-state index in [0.29, 0.717) is 12.8 Å². The molecular formula is C11H12F3N3O3. The number of carboxylic acid groups (broad SMARTS) is 1.